The minimum absolute atomic E-state index is 0.0753. The number of benzene rings is 2. The number of ketones is 1. The molecule has 0 saturated carbocycles. The molecule has 2 aromatic rings. The van der Waals surface area contributed by atoms with Crippen LogP contribution in [0.3, 0.4) is 0 Å². The first-order chi connectivity index (χ1) is 14.2. The number of phenols is 3. The number of ether oxygens (including phenoxy) is 1. The lowest BCUT2D eigenvalue weighted by atomic mass is 9.92. The van der Waals surface area contributed by atoms with Crippen molar-refractivity contribution in [1.82, 2.24) is 0 Å². The van der Waals surface area contributed by atoms with Crippen LogP contribution in [0, 0.1) is 0 Å². The molecule has 0 saturated heterocycles. The maximum Gasteiger partial charge on any atom is 0.166 e. The van der Waals surface area contributed by atoms with E-state index in [1.165, 1.54) is 17.7 Å². The van der Waals surface area contributed by atoms with Crippen LogP contribution in [0.1, 0.15) is 61.5 Å². The van der Waals surface area contributed by atoms with Gasteiger partial charge in [0.1, 0.15) is 17.1 Å². The summed E-state index contributed by atoms with van der Waals surface area (Å²) in [5.41, 5.74) is 2.30. The van der Waals surface area contributed by atoms with E-state index in [2.05, 4.69) is 19.9 Å². The van der Waals surface area contributed by atoms with Crippen molar-refractivity contribution in [2.75, 3.05) is 0 Å². The van der Waals surface area contributed by atoms with E-state index in [-0.39, 0.29) is 35.0 Å². The predicted molar refractivity (Wildman–Crippen MR) is 117 cm³/mol. The molecule has 1 heterocycles. The van der Waals surface area contributed by atoms with Crippen molar-refractivity contribution in [3.05, 3.63) is 64.7 Å². The molecule has 0 bridgehead atoms. The Hall–Kier alpha value is -3.21. The van der Waals surface area contributed by atoms with Crippen LogP contribution in [0.5, 0.6) is 23.0 Å². The number of phenolic OH excluding ortho intramolecular Hbond substituents is 3. The normalized spacial score (nSPS) is 17.2. The molecule has 0 fully saturated rings. The molecule has 0 aliphatic carbocycles. The van der Waals surface area contributed by atoms with Gasteiger partial charge in [-0.3, -0.25) is 4.79 Å². The van der Waals surface area contributed by atoms with Crippen molar-refractivity contribution in [3.8, 4) is 23.0 Å². The molecule has 30 heavy (non-hydrogen) atoms. The number of hydrogen-bond acceptors (Lipinski definition) is 5. The SMILES string of the molecule is CC(C)=CCCC1(C)C=Cc2c(ccc(C(=O)CCc3ccc(O)c(O)c3)c2O)O1. The highest BCUT2D eigenvalue weighted by Gasteiger charge is 2.29. The standard InChI is InChI=1S/C25H28O5/c1-16(2)5-4-13-25(3)14-12-19-23(30-25)11-8-18(24(19)29)20(26)9-6-17-7-10-21(27)22(28)15-17/h5,7-8,10-12,14-15,27-29H,4,6,9,13H2,1-3H3. The monoisotopic (exact) mass is 408 g/mol. The van der Waals surface area contributed by atoms with Crippen molar-refractivity contribution in [1.29, 1.82) is 0 Å². The van der Waals surface area contributed by atoms with Crippen LogP contribution < -0.4 is 4.74 Å². The van der Waals surface area contributed by atoms with Gasteiger partial charge in [0.25, 0.3) is 0 Å². The Labute approximate surface area is 177 Å². The van der Waals surface area contributed by atoms with E-state index in [4.69, 9.17) is 4.74 Å². The van der Waals surface area contributed by atoms with Gasteiger partial charge in [-0.05, 0) is 82.0 Å². The number of aromatic hydroxyl groups is 3. The minimum atomic E-state index is -0.461. The summed E-state index contributed by atoms with van der Waals surface area (Å²) in [5, 5.41) is 29.6. The van der Waals surface area contributed by atoms with E-state index in [1.807, 2.05) is 19.1 Å². The molecule has 1 aliphatic heterocycles. The maximum atomic E-state index is 12.7. The van der Waals surface area contributed by atoms with Crippen molar-refractivity contribution < 1.29 is 24.9 Å². The molecule has 0 amide bonds. The summed E-state index contributed by atoms with van der Waals surface area (Å²) in [4.78, 5) is 12.7. The van der Waals surface area contributed by atoms with Crippen LogP contribution in [0.2, 0.25) is 0 Å². The van der Waals surface area contributed by atoms with Gasteiger partial charge >= 0.3 is 0 Å². The van der Waals surface area contributed by atoms with Gasteiger partial charge < -0.3 is 20.1 Å². The molecule has 0 aromatic heterocycles. The molecule has 0 radical (unpaired) electrons. The smallest absolute Gasteiger partial charge is 0.166 e. The van der Waals surface area contributed by atoms with Gasteiger partial charge in [-0.1, -0.05) is 17.7 Å². The molecule has 2 aromatic carbocycles. The Bertz CT molecular complexity index is 1010. The third-order valence-electron chi connectivity index (χ3n) is 5.30. The first-order valence-corrected chi connectivity index (χ1v) is 10.1. The van der Waals surface area contributed by atoms with Crippen molar-refractivity contribution in [2.45, 2.75) is 52.1 Å². The average molecular weight is 408 g/mol. The zero-order chi connectivity index (χ0) is 21.9. The van der Waals surface area contributed by atoms with Gasteiger partial charge in [-0.15, -0.1) is 0 Å². The number of fused-ring (bicyclic) bond motifs is 1. The number of hydrogen-bond donors (Lipinski definition) is 3. The zero-order valence-electron chi connectivity index (χ0n) is 17.6. The van der Waals surface area contributed by atoms with E-state index in [0.717, 1.165) is 18.4 Å². The number of aryl methyl sites for hydroxylation is 1. The number of allylic oxidation sites excluding steroid dienone is 2. The lowest BCUT2D eigenvalue weighted by Crippen LogP contribution is -2.31. The Morgan fingerprint density at radius 1 is 1.10 bits per heavy atom. The fourth-order valence-corrected chi connectivity index (χ4v) is 3.51. The number of carbonyl (C=O) groups is 1. The van der Waals surface area contributed by atoms with Crippen molar-refractivity contribution in [3.63, 3.8) is 0 Å². The molecule has 3 rings (SSSR count). The largest absolute Gasteiger partial charge is 0.506 e. The van der Waals surface area contributed by atoms with Gasteiger partial charge in [0.2, 0.25) is 0 Å². The van der Waals surface area contributed by atoms with Crippen LogP contribution in [0.15, 0.2) is 48.1 Å². The molecule has 158 valence electrons. The first kappa shape index (κ1) is 21.5. The molecule has 5 heteroatoms. The van der Waals surface area contributed by atoms with E-state index >= 15 is 0 Å². The highest BCUT2D eigenvalue weighted by atomic mass is 16.5. The summed E-state index contributed by atoms with van der Waals surface area (Å²) in [6.45, 7) is 6.14. The van der Waals surface area contributed by atoms with Gasteiger partial charge in [0.15, 0.2) is 17.3 Å². The second-order valence-electron chi connectivity index (χ2n) is 8.19. The van der Waals surface area contributed by atoms with Crippen LogP contribution in [-0.2, 0) is 6.42 Å². The minimum Gasteiger partial charge on any atom is -0.506 e. The van der Waals surface area contributed by atoms with Crippen molar-refractivity contribution >= 4 is 11.9 Å². The van der Waals surface area contributed by atoms with Crippen LogP contribution in [0.25, 0.3) is 6.08 Å². The molecule has 0 spiro atoms. The van der Waals surface area contributed by atoms with Gasteiger partial charge in [0, 0.05) is 6.42 Å². The molecular formula is C25H28O5. The van der Waals surface area contributed by atoms with Crippen molar-refractivity contribution in [2.24, 2.45) is 0 Å². The molecule has 3 N–H and O–H groups in total. The van der Waals surface area contributed by atoms with Gasteiger partial charge in [-0.25, -0.2) is 0 Å². The number of Topliss-reactive ketones (excluding diaryl/α,β-unsaturated/α-hetero) is 1. The quantitative estimate of drug-likeness (QED) is 0.319. The predicted octanol–water partition coefficient (Wildman–Crippen LogP) is 5.53. The fourth-order valence-electron chi connectivity index (χ4n) is 3.51. The van der Waals surface area contributed by atoms with Crippen LogP contribution in [-0.4, -0.2) is 26.7 Å². The second-order valence-corrected chi connectivity index (χ2v) is 8.19. The summed E-state index contributed by atoms with van der Waals surface area (Å²) in [6, 6.07) is 7.81. The van der Waals surface area contributed by atoms with Crippen LogP contribution in [0.4, 0.5) is 0 Å². The molecule has 1 aliphatic rings. The fraction of sp³-hybridized carbons (Fsp3) is 0.320. The third kappa shape index (κ3) is 4.85. The third-order valence-corrected chi connectivity index (χ3v) is 5.30. The number of rotatable bonds is 7. The topological polar surface area (TPSA) is 87.0 Å². The highest BCUT2D eigenvalue weighted by Crippen LogP contribution is 2.40. The Morgan fingerprint density at radius 2 is 1.87 bits per heavy atom. The number of carbonyl (C=O) groups excluding carboxylic acids is 1. The summed E-state index contributed by atoms with van der Waals surface area (Å²) in [7, 11) is 0. The van der Waals surface area contributed by atoms with Crippen LogP contribution >= 0.6 is 0 Å². The Kier molecular flexibility index (Phi) is 6.20. The lowest BCUT2D eigenvalue weighted by molar-refractivity contribution is 0.0979. The van der Waals surface area contributed by atoms with E-state index in [1.54, 1.807) is 18.2 Å². The molecular weight excluding hydrogens is 380 g/mol. The zero-order valence-corrected chi connectivity index (χ0v) is 17.6. The van der Waals surface area contributed by atoms with Gasteiger partial charge in [0.05, 0.1) is 11.1 Å². The highest BCUT2D eigenvalue weighted by molar-refractivity contribution is 6.00. The maximum absolute atomic E-state index is 12.7. The second kappa shape index (κ2) is 8.66. The van der Waals surface area contributed by atoms with Gasteiger partial charge in [-0.2, -0.15) is 0 Å². The summed E-state index contributed by atoms with van der Waals surface area (Å²) in [6.07, 6.45) is 8.19. The lowest BCUT2D eigenvalue weighted by Gasteiger charge is -2.32. The molecule has 1 unspecified atom stereocenters. The molecule has 5 nitrogen and oxygen atoms in total. The first-order valence-electron chi connectivity index (χ1n) is 10.1. The van der Waals surface area contributed by atoms with E-state index < -0.39 is 5.60 Å². The summed E-state index contributed by atoms with van der Waals surface area (Å²) < 4.78 is 6.13. The summed E-state index contributed by atoms with van der Waals surface area (Å²) in [5.74, 6) is -0.125. The summed E-state index contributed by atoms with van der Waals surface area (Å²) >= 11 is 0. The average Bonchev–Trinajstić information content (AvgIpc) is 2.68. The molecule has 1 atom stereocenters. The van der Waals surface area contributed by atoms with E-state index in [0.29, 0.717) is 17.7 Å². The Balaban J connectivity index is 1.72. The Morgan fingerprint density at radius 3 is 2.57 bits per heavy atom. The van der Waals surface area contributed by atoms with E-state index in [9.17, 15) is 20.1 Å².